The van der Waals surface area contributed by atoms with Crippen molar-refractivity contribution >= 4 is 23.7 Å². The van der Waals surface area contributed by atoms with Crippen molar-refractivity contribution in [2.24, 2.45) is 5.10 Å². The van der Waals surface area contributed by atoms with Crippen molar-refractivity contribution in [3.63, 3.8) is 0 Å². The fourth-order valence-electron chi connectivity index (χ4n) is 2.18. The third kappa shape index (κ3) is 5.76. The highest BCUT2D eigenvalue weighted by Crippen LogP contribution is 2.28. The summed E-state index contributed by atoms with van der Waals surface area (Å²) in [4.78, 5) is 12.3. The zero-order valence-corrected chi connectivity index (χ0v) is 16.0. The zero-order valence-electron chi connectivity index (χ0n) is 15.2. The molecule has 0 spiro atoms. The van der Waals surface area contributed by atoms with E-state index in [9.17, 15) is 4.79 Å². The number of carbonyl (C=O) groups excluding carboxylic acids is 1. The van der Waals surface area contributed by atoms with Gasteiger partial charge in [-0.3, -0.25) is 4.79 Å². The number of ether oxygens (including phenoxy) is 3. The smallest absolute Gasteiger partial charge is 0.271 e. The maximum absolute atomic E-state index is 12.3. The van der Waals surface area contributed by atoms with Crippen LogP contribution in [0.4, 0.5) is 0 Å². The molecule has 0 aliphatic rings. The van der Waals surface area contributed by atoms with Gasteiger partial charge in [0.2, 0.25) is 0 Å². The first-order valence-electron chi connectivity index (χ1n) is 8.26. The summed E-state index contributed by atoms with van der Waals surface area (Å²) in [5, 5.41) is 4.43. The number of benzene rings is 2. The highest BCUT2D eigenvalue weighted by Gasteiger charge is 2.10. The van der Waals surface area contributed by atoms with E-state index in [4.69, 9.17) is 25.8 Å². The number of carbonyl (C=O) groups is 1. The molecule has 0 bridgehead atoms. The molecule has 0 aliphatic carbocycles. The Morgan fingerprint density at radius 3 is 2.63 bits per heavy atom. The Balaban J connectivity index is 2.03. The van der Waals surface area contributed by atoms with Crippen LogP contribution in [0.3, 0.4) is 0 Å². The van der Waals surface area contributed by atoms with Crippen molar-refractivity contribution < 1.29 is 19.0 Å². The second-order valence-electron chi connectivity index (χ2n) is 5.29. The van der Waals surface area contributed by atoms with Gasteiger partial charge in [0.15, 0.2) is 11.5 Å². The van der Waals surface area contributed by atoms with E-state index < -0.39 is 0 Å². The maximum atomic E-state index is 12.3. The van der Waals surface area contributed by atoms with Crippen LogP contribution in [0.1, 0.15) is 22.8 Å². The van der Waals surface area contributed by atoms with Crippen LogP contribution >= 0.6 is 11.6 Å². The van der Waals surface area contributed by atoms with Gasteiger partial charge in [0, 0.05) is 5.56 Å². The Bertz CT molecular complexity index is 837. The van der Waals surface area contributed by atoms with Gasteiger partial charge in [0.05, 0.1) is 25.0 Å². The summed E-state index contributed by atoms with van der Waals surface area (Å²) >= 11 is 6.12. The summed E-state index contributed by atoms with van der Waals surface area (Å²) in [6, 6.07) is 10.1. The van der Waals surface area contributed by atoms with Gasteiger partial charge in [0.1, 0.15) is 12.4 Å². The van der Waals surface area contributed by atoms with Crippen LogP contribution in [0.15, 0.2) is 54.2 Å². The van der Waals surface area contributed by atoms with Crippen molar-refractivity contribution in [2.75, 3.05) is 20.3 Å². The number of rotatable bonds is 9. The molecular weight excluding hydrogens is 368 g/mol. The minimum atomic E-state index is -0.378. The average molecular weight is 389 g/mol. The molecule has 1 amide bonds. The third-order valence-electron chi connectivity index (χ3n) is 3.42. The number of halogens is 1. The molecule has 0 unspecified atom stereocenters. The lowest BCUT2D eigenvalue weighted by Crippen LogP contribution is -2.17. The van der Waals surface area contributed by atoms with Crippen LogP contribution in [0.25, 0.3) is 0 Å². The molecule has 2 aromatic rings. The summed E-state index contributed by atoms with van der Waals surface area (Å²) in [7, 11) is 1.51. The lowest BCUT2D eigenvalue weighted by atomic mass is 10.2. The summed E-state index contributed by atoms with van der Waals surface area (Å²) in [6.07, 6.45) is 3.13. The first-order chi connectivity index (χ1) is 13.1. The molecule has 7 heteroatoms. The standard InChI is InChI=1S/C20H21ClN2O4/c1-4-10-27-18-9-7-15(12-19(18)25-3)20(24)23-22-13-14-6-8-17(26-5-2)16(21)11-14/h4,6-9,11-13H,1,5,10H2,2-3H3,(H,23,24)/b22-13+. The van der Waals surface area contributed by atoms with E-state index in [0.29, 0.717) is 41.0 Å². The quantitative estimate of drug-likeness (QED) is 0.399. The fourth-order valence-corrected chi connectivity index (χ4v) is 2.42. The van der Waals surface area contributed by atoms with E-state index in [1.54, 1.807) is 42.5 Å². The summed E-state index contributed by atoms with van der Waals surface area (Å²) in [5.74, 6) is 1.20. The first kappa shape index (κ1) is 20.3. The zero-order chi connectivity index (χ0) is 19.6. The van der Waals surface area contributed by atoms with Gasteiger partial charge in [0.25, 0.3) is 5.91 Å². The largest absolute Gasteiger partial charge is 0.493 e. The SMILES string of the molecule is C=CCOc1ccc(C(=O)N/N=C/c2ccc(OCC)c(Cl)c2)cc1OC. The summed E-state index contributed by atoms with van der Waals surface area (Å²) in [5.41, 5.74) is 3.58. The Labute approximate surface area is 163 Å². The van der Waals surface area contributed by atoms with E-state index in [2.05, 4.69) is 17.1 Å². The molecular formula is C20H21ClN2O4. The van der Waals surface area contributed by atoms with Crippen LogP contribution in [-0.2, 0) is 0 Å². The second kappa shape index (κ2) is 10.2. The summed E-state index contributed by atoms with van der Waals surface area (Å²) in [6.45, 7) is 6.35. The van der Waals surface area contributed by atoms with Crippen molar-refractivity contribution in [3.05, 3.63) is 65.2 Å². The normalized spacial score (nSPS) is 10.5. The highest BCUT2D eigenvalue weighted by atomic mass is 35.5. The monoisotopic (exact) mass is 388 g/mol. The highest BCUT2D eigenvalue weighted by molar-refractivity contribution is 6.32. The van der Waals surface area contributed by atoms with E-state index >= 15 is 0 Å². The maximum Gasteiger partial charge on any atom is 0.271 e. The Morgan fingerprint density at radius 2 is 1.96 bits per heavy atom. The van der Waals surface area contributed by atoms with Gasteiger partial charge in [-0.2, -0.15) is 5.10 Å². The van der Waals surface area contributed by atoms with Gasteiger partial charge in [-0.05, 0) is 48.9 Å². The molecule has 0 atom stereocenters. The van der Waals surface area contributed by atoms with Crippen LogP contribution < -0.4 is 19.6 Å². The number of methoxy groups -OCH3 is 1. The van der Waals surface area contributed by atoms with Gasteiger partial charge in [-0.15, -0.1) is 0 Å². The molecule has 2 aromatic carbocycles. The van der Waals surface area contributed by atoms with Gasteiger partial charge >= 0.3 is 0 Å². The molecule has 0 aromatic heterocycles. The van der Waals surface area contributed by atoms with E-state index in [1.807, 2.05) is 6.92 Å². The van der Waals surface area contributed by atoms with Crippen LogP contribution in [0.5, 0.6) is 17.2 Å². The van der Waals surface area contributed by atoms with Gasteiger partial charge < -0.3 is 14.2 Å². The second-order valence-corrected chi connectivity index (χ2v) is 5.69. The molecule has 2 rings (SSSR count). The van der Waals surface area contributed by atoms with Crippen molar-refractivity contribution in [1.29, 1.82) is 0 Å². The number of nitrogens with one attached hydrogen (secondary N) is 1. The summed E-state index contributed by atoms with van der Waals surface area (Å²) < 4.78 is 16.1. The topological polar surface area (TPSA) is 69.2 Å². The number of hydrogen-bond acceptors (Lipinski definition) is 5. The minimum Gasteiger partial charge on any atom is -0.493 e. The average Bonchev–Trinajstić information content (AvgIpc) is 2.68. The Kier molecular flexibility index (Phi) is 7.70. The van der Waals surface area contributed by atoms with Gasteiger partial charge in [-0.1, -0.05) is 24.3 Å². The van der Waals surface area contributed by atoms with E-state index in [1.165, 1.54) is 13.3 Å². The van der Waals surface area contributed by atoms with Crippen LogP contribution in [0, 0.1) is 0 Å². The van der Waals surface area contributed by atoms with E-state index in [0.717, 1.165) is 5.56 Å². The Morgan fingerprint density at radius 1 is 1.19 bits per heavy atom. The molecule has 0 fully saturated rings. The molecule has 0 heterocycles. The van der Waals surface area contributed by atoms with Crippen molar-refractivity contribution in [3.8, 4) is 17.2 Å². The van der Waals surface area contributed by atoms with Crippen molar-refractivity contribution in [1.82, 2.24) is 5.43 Å². The Hall–Kier alpha value is -2.99. The lowest BCUT2D eigenvalue weighted by Gasteiger charge is -2.10. The molecule has 0 saturated heterocycles. The number of hydrogen-bond donors (Lipinski definition) is 1. The van der Waals surface area contributed by atoms with Crippen LogP contribution in [0.2, 0.25) is 5.02 Å². The fraction of sp³-hybridized carbons (Fsp3) is 0.200. The van der Waals surface area contributed by atoms with E-state index in [-0.39, 0.29) is 5.91 Å². The predicted octanol–water partition coefficient (Wildman–Crippen LogP) is 4.08. The van der Waals surface area contributed by atoms with Crippen LogP contribution in [-0.4, -0.2) is 32.4 Å². The third-order valence-corrected chi connectivity index (χ3v) is 3.71. The number of hydrazone groups is 1. The molecule has 27 heavy (non-hydrogen) atoms. The van der Waals surface area contributed by atoms with Gasteiger partial charge in [-0.25, -0.2) is 5.43 Å². The molecule has 0 radical (unpaired) electrons. The molecule has 142 valence electrons. The predicted molar refractivity (Wildman–Crippen MR) is 106 cm³/mol. The number of amides is 1. The molecule has 6 nitrogen and oxygen atoms in total. The molecule has 0 aliphatic heterocycles. The molecule has 1 N–H and O–H groups in total. The molecule has 0 saturated carbocycles. The lowest BCUT2D eigenvalue weighted by molar-refractivity contribution is 0.0954. The number of nitrogens with zero attached hydrogens (tertiary/aromatic N) is 1. The van der Waals surface area contributed by atoms with Crippen molar-refractivity contribution in [2.45, 2.75) is 6.92 Å². The minimum absolute atomic E-state index is 0.344. The first-order valence-corrected chi connectivity index (χ1v) is 8.64.